The van der Waals surface area contributed by atoms with E-state index < -0.39 is 0 Å². The van der Waals surface area contributed by atoms with Crippen LogP contribution in [-0.4, -0.2) is 21.2 Å². The molecule has 0 saturated carbocycles. The molecule has 0 fully saturated rings. The van der Waals surface area contributed by atoms with Crippen molar-refractivity contribution >= 4 is 50.2 Å². The van der Waals surface area contributed by atoms with Crippen LogP contribution in [0.25, 0.3) is 10.9 Å². The Kier molecular flexibility index (Phi) is 6.80. The van der Waals surface area contributed by atoms with Crippen molar-refractivity contribution in [1.82, 2.24) is 9.55 Å². The topological polar surface area (TPSA) is 64.0 Å². The second kappa shape index (κ2) is 9.13. The maximum absolute atomic E-state index is 13.1. The highest BCUT2D eigenvalue weighted by molar-refractivity contribution is 9.10. The smallest absolute Gasteiger partial charge is 0.262 e. The number of benzene rings is 2. The Morgan fingerprint density at radius 2 is 1.90 bits per heavy atom. The molecule has 0 radical (unpaired) electrons. The molecule has 0 bridgehead atoms. The lowest BCUT2D eigenvalue weighted by molar-refractivity contribution is -0.113. The number of halogens is 1. The summed E-state index contributed by atoms with van der Waals surface area (Å²) >= 11 is 4.71. The lowest BCUT2D eigenvalue weighted by Gasteiger charge is -2.15. The predicted molar refractivity (Wildman–Crippen MR) is 124 cm³/mol. The van der Waals surface area contributed by atoms with Gasteiger partial charge in [0.25, 0.3) is 5.56 Å². The van der Waals surface area contributed by atoms with Crippen LogP contribution in [0.2, 0.25) is 0 Å². The molecule has 29 heavy (non-hydrogen) atoms. The van der Waals surface area contributed by atoms with E-state index >= 15 is 0 Å². The number of rotatable bonds is 6. The molecule has 0 aliphatic heterocycles. The number of aryl methyl sites for hydroxylation is 2. The van der Waals surface area contributed by atoms with E-state index in [4.69, 9.17) is 0 Å². The number of hydrogen-bond acceptors (Lipinski definition) is 4. The monoisotopic (exact) mass is 473 g/mol. The summed E-state index contributed by atoms with van der Waals surface area (Å²) < 4.78 is 2.52. The van der Waals surface area contributed by atoms with Crippen molar-refractivity contribution in [3.05, 3.63) is 62.4 Å². The van der Waals surface area contributed by atoms with Crippen molar-refractivity contribution in [3.63, 3.8) is 0 Å². The van der Waals surface area contributed by atoms with Crippen molar-refractivity contribution in [2.45, 2.75) is 39.4 Å². The summed E-state index contributed by atoms with van der Waals surface area (Å²) in [6.07, 6.45) is 0. The Labute approximate surface area is 183 Å². The van der Waals surface area contributed by atoms with Gasteiger partial charge in [0.05, 0.1) is 16.7 Å². The van der Waals surface area contributed by atoms with Gasteiger partial charge >= 0.3 is 0 Å². The standard InChI is InChI=1S/C22H24BrN3O2S/c1-13(2)11-26-21(28)17-10-16(23)8-9-18(17)24-22(26)29-12-19(27)25-20-14(3)6-5-7-15(20)4/h5-10,13H,11-12H2,1-4H3,(H,25,27). The summed E-state index contributed by atoms with van der Waals surface area (Å²) in [5, 5.41) is 4.13. The third-order valence-corrected chi connectivity index (χ3v) is 5.98. The predicted octanol–water partition coefficient (Wildman–Crippen LogP) is 5.16. The molecule has 0 aliphatic carbocycles. The van der Waals surface area contributed by atoms with E-state index in [1.165, 1.54) is 11.8 Å². The molecule has 0 saturated heterocycles. The molecule has 1 amide bonds. The van der Waals surface area contributed by atoms with Crippen LogP contribution in [0.1, 0.15) is 25.0 Å². The zero-order valence-corrected chi connectivity index (χ0v) is 19.4. The number of hydrogen-bond donors (Lipinski definition) is 1. The number of para-hydroxylation sites is 1. The number of amides is 1. The van der Waals surface area contributed by atoms with Crippen LogP contribution in [0, 0.1) is 19.8 Å². The first kappa shape index (κ1) is 21.6. The minimum Gasteiger partial charge on any atom is -0.325 e. The molecule has 0 atom stereocenters. The first-order valence-electron chi connectivity index (χ1n) is 9.45. The molecule has 5 nitrogen and oxygen atoms in total. The van der Waals surface area contributed by atoms with E-state index in [0.29, 0.717) is 22.6 Å². The number of carbonyl (C=O) groups excluding carboxylic acids is 1. The van der Waals surface area contributed by atoms with Crippen molar-refractivity contribution in [3.8, 4) is 0 Å². The van der Waals surface area contributed by atoms with Crippen LogP contribution >= 0.6 is 27.7 Å². The number of aromatic nitrogens is 2. The van der Waals surface area contributed by atoms with Gasteiger partial charge in [0, 0.05) is 16.7 Å². The van der Waals surface area contributed by atoms with Crippen molar-refractivity contribution in [1.29, 1.82) is 0 Å². The van der Waals surface area contributed by atoms with Gasteiger partial charge in [-0.3, -0.25) is 14.2 Å². The van der Waals surface area contributed by atoms with Crippen LogP contribution in [0.15, 0.2) is 50.8 Å². The van der Waals surface area contributed by atoms with Gasteiger partial charge in [-0.05, 0) is 49.1 Å². The van der Waals surface area contributed by atoms with E-state index in [9.17, 15) is 9.59 Å². The minimum atomic E-state index is -0.117. The zero-order valence-electron chi connectivity index (χ0n) is 17.0. The fourth-order valence-electron chi connectivity index (χ4n) is 3.13. The van der Waals surface area contributed by atoms with Crippen molar-refractivity contribution in [2.75, 3.05) is 11.1 Å². The lowest BCUT2D eigenvalue weighted by atomic mass is 10.1. The number of fused-ring (bicyclic) bond motifs is 1. The largest absolute Gasteiger partial charge is 0.325 e. The average Bonchev–Trinajstić information content (AvgIpc) is 2.66. The highest BCUT2D eigenvalue weighted by atomic mass is 79.9. The van der Waals surface area contributed by atoms with Gasteiger partial charge in [-0.15, -0.1) is 0 Å². The normalized spacial score (nSPS) is 11.2. The Morgan fingerprint density at radius 3 is 2.55 bits per heavy atom. The minimum absolute atomic E-state index is 0.0809. The maximum atomic E-state index is 13.1. The van der Waals surface area contributed by atoms with Crippen LogP contribution in [0.3, 0.4) is 0 Å². The second-order valence-electron chi connectivity index (χ2n) is 7.47. The van der Waals surface area contributed by atoms with Crippen LogP contribution in [0.4, 0.5) is 5.69 Å². The van der Waals surface area contributed by atoms with Crippen LogP contribution in [-0.2, 0) is 11.3 Å². The van der Waals surface area contributed by atoms with Gasteiger partial charge in [-0.1, -0.05) is 59.7 Å². The Bertz CT molecular complexity index is 1100. The molecular formula is C22H24BrN3O2S. The fourth-order valence-corrected chi connectivity index (χ4v) is 4.30. The van der Waals surface area contributed by atoms with Gasteiger partial charge in [0.15, 0.2) is 5.16 Å². The summed E-state index contributed by atoms with van der Waals surface area (Å²) in [7, 11) is 0. The van der Waals surface area contributed by atoms with Crippen LogP contribution in [0.5, 0.6) is 0 Å². The maximum Gasteiger partial charge on any atom is 0.262 e. The molecular weight excluding hydrogens is 450 g/mol. The molecule has 1 N–H and O–H groups in total. The lowest BCUT2D eigenvalue weighted by Crippen LogP contribution is -2.26. The molecule has 0 spiro atoms. The van der Waals surface area contributed by atoms with E-state index in [0.717, 1.165) is 21.3 Å². The van der Waals surface area contributed by atoms with E-state index in [-0.39, 0.29) is 23.1 Å². The van der Waals surface area contributed by atoms with Gasteiger partial charge in [-0.25, -0.2) is 4.98 Å². The molecule has 152 valence electrons. The SMILES string of the molecule is Cc1cccc(C)c1NC(=O)CSc1nc2ccc(Br)cc2c(=O)n1CC(C)C. The molecule has 3 aromatic rings. The van der Waals surface area contributed by atoms with E-state index in [2.05, 4.69) is 40.1 Å². The van der Waals surface area contributed by atoms with E-state index in [1.807, 2.05) is 44.2 Å². The zero-order chi connectivity index (χ0) is 21.1. The molecule has 3 rings (SSSR count). The summed E-state index contributed by atoms with van der Waals surface area (Å²) in [6, 6.07) is 11.4. The number of anilines is 1. The first-order chi connectivity index (χ1) is 13.8. The van der Waals surface area contributed by atoms with Gasteiger partial charge < -0.3 is 5.32 Å². The Hall–Kier alpha value is -2.12. The van der Waals surface area contributed by atoms with Gasteiger partial charge in [0.2, 0.25) is 5.91 Å². The third-order valence-electron chi connectivity index (χ3n) is 4.51. The number of nitrogens with zero attached hydrogens (tertiary/aromatic N) is 2. The van der Waals surface area contributed by atoms with Crippen molar-refractivity contribution in [2.24, 2.45) is 5.92 Å². The average molecular weight is 474 g/mol. The van der Waals surface area contributed by atoms with Gasteiger partial charge in [0.1, 0.15) is 0 Å². The van der Waals surface area contributed by atoms with E-state index in [1.54, 1.807) is 10.6 Å². The molecule has 2 aromatic carbocycles. The highest BCUT2D eigenvalue weighted by Gasteiger charge is 2.15. The molecule has 0 unspecified atom stereocenters. The Balaban J connectivity index is 1.87. The number of nitrogens with one attached hydrogen (secondary N) is 1. The number of carbonyl (C=O) groups is 1. The fraction of sp³-hybridized carbons (Fsp3) is 0.318. The molecule has 1 aromatic heterocycles. The number of thioether (sulfide) groups is 1. The highest BCUT2D eigenvalue weighted by Crippen LogP contribution is 2.23. The molecule has 0 aliphatic rings. The molecule has 7 heteroatoms. The first-order valence-corrected chi connectivity index (χ1v) is 11.2. The Morgan fingerprint density at radius 1 is 1.21 bits per heavy atom. The summed E-state index contributed by atoms with van der Waals surface area (Å²) in [6.45, 7) is 8.60. The second-order valence-corrected chi connectivity index (χ2v) is 9.33. The quantitative estimate of drug-likeness (QED) is 0.396. The van der Waals surface area contributed by atoms with Crippen LogP contribution < -0.4 is 10.9 Å². The summed E-state index contributed by atoms with van der Waals surface area (Å²) in [5.74, 6) is 0.343. The summed E-state index contributed by atoms with van der Waals surface area (Å²) in [4.78, 5) is 30.3. The van der Waals surface area contributed by atoms with Crippen molar-refractivity contribution < 1.29 is 4.79 Å². The summed E-state index contributed by atoms with van der Waals surface area (Å²) in [5.41, 5.74) is 3.44. The van der Waals surface area contributed by atoms with Gasteiger partial charge in [-0.2, -0.15) is 0 Å². The third kappa shape index (κ3) is 5.08. The molecule has 1 heterocycles.